The molecular weight excluding hydrogens is 498 g/mol. The van der Waals surface area contributed by atoms with Crippen LogP contribution in [0.3, 0.4) is 0 Å². The van der Waals surface area contributed by atoms with Crippen molar-refractivity contribution in [1.29, 1.82) is 0 Å². The molecular formula is C26H23N3O7S. The van der Waals surface area contributed by atoms with Crippen LogP contribution in [0.4, 0.5) is 5.69 Å². The van der Waals surface area contributed by atoms with Crippen molar-refractivity contribution in [2.45, 2.75) is 4.90 Å². The summed E-state index contributed by atoms with van der Waals surface area (Å²) in [6.07, 6.45) is 0. The van der Waals surface area contributed by atoms with E-state index >= 15 is 0 Å². The van der Waals surface area contributed by atoms with E-state index in [9.17, 15) is 27.9 Å². The fourth-order valence-electron chi connectivity index (χ4n) is 4.33. The Morgan fingerprint density at radius 1 is 0.838 bits per heavy atom. The Hall–Kier alpha value is -4.22. The Kier molecular flexibility index (Phi) is 6.40. The molecule has 2 aliphatic rings. The third-order valence-electron chi connectivity index (χ3n) is 6.30. The summed E-state index contributed by atoms with van der Waals surface area (Å²) in [6.45, 7) is 0.402. The lowest BCUT2D eigenvalue weighted by atomic mass is 10.1. The number of hydrogen-bond acceptors (Lipinski definition) is 7. The summed E-state index contributed by atoms with van der Waals surface area (Å²) >= 11 is 0. The molecule has 0 bridgehead atoms. The minimum Gasteiger partial charge on any atom is -0.508 e. The minimum absolute atomic E-state index is 0.0276. The maximum Gasteiger partial charge on any atom is 0.266 e. The molecule has 0 aliphatic carbocycles. The first-order valence-electron chi connectivity index (χ1n) is 11.5. The van der Waals surface area contributed by atoms with E-state index in [2.05, 4.69) is 0 Å². The number of benzene rings is 3. The van der Waals surface area contributed by atoms with Crippen LogP contribution in [0.15, 0.2) is 77.7 Å². The lowest BCUT2D eigenvalue weighted by Gasteiger charge is -2.34. The van der Waals surface area contributed by atoms with Gasteiger partial charge in [-0.15, -0.1) is 0 Å². The highest BCUT2D eigenvalue weighted by Gasteiger charge is 2.37. The zero-order chi connectivity index (χ0) is 26.2. The Morgan fingerprint density at radius 3 is 2.05 bits per heavy atom. The number of nitrogens with zero attached hydrogens (tertiary/aromatic N) is 3. The summed E-state index contributed by atoms with van der Waals surface area (Å²) in [7, 11) is -3.84. The number of aromatic hydroxyl groups is 1. The van der Waals surface area contributed by atoms with Crippen LogP contribution in [0.2, 0.25) is 0 Å². The number of imide groups is 1. The van der Waals surface area contributed by atoms with E-state index < -0.39 is 21.8 Å². The van der Waals surface area contributed by atoms with Gasteiger partial charge >= 0.3 is 0 Å². The molecule has 0 saturated carbocycles. The van der Waals surface area contributed by atoms with Crippen molar-refractivity contribution in [2.24, 2.45) is 0 Å². The van der Waals surface area contributed by atoms with Crippen molar-refractivity contribution in [2.75, 3.05) is 37.7 Å². The average Bonchev–Trinajstić information content (AvgIpc) is 3.17. The van der Waals surface area contributed by atoms with Crippen molar-refractivity contribution >= 4 is 33.4 Å². The first-order valence-corrected chi connectivity index (χ1v) is 13.0. The zero-order valence-electron chi connectivity index (χ0n) is 19.6. The number of ether oxygens (including phenoxy) is 1. The van der Waals surface area contributed by atoms with Gasteiger partial charge in [-0.05, 0) is 48.5 Å². The molecule has 5 rings (SSSR count). The first-order chi connectivity index (χ1) is 17.8. The molecule has 3 aromatic carbocycles. The van der Waals surface area contributed by atoms with Crippen molar-refractivity contribution in [1.82, 2.24) is 9.21 Å². The number of carbonyl (C=O) groups is 3. The predicted molar refractivity (Wildman–Crippen MR) is 133 cm³/mol. The van der Waals surface area contributed by atoms with Gasteiger partial charge in [-0.2, -0.15) is 4.31 Å². The Bertz CT molecular complexity index is 1450. The summed E-state index contributed by atoms with van der Waals surface area (Å²) in [4.78, 5) is 40.5. The minimum atomic E-state index is -3.84. The summed E-state index contributed by atoms with van der Waals surface area (Å²) in [6, 6.07) is 18.3. The molecule has 3 amide bonds. The standard InChI is InChI=1S/C26H23N3O7S/c30-19-4-3-5-20(16-19)36-17-24(31)27-12-14-28(15-13-27)37(34,35)21-10-8-18(9-11-21)29-25(32)22-6-1-2-7-23(22)26(29)33/h1-11,16,30H,12-15,17H2. The number of fused-ring (bicyclic) bond motifs is 1. The predicted octanol–water partition coefficient (Wildman–Crippen LogP) is 2.10. The second-order valence-corrected chi connectivity index (χ2v) is 10.5. The van der Waals surface area contributed by atoms with Crippen LogP contribution in [0.25, 0.3) is 0 Å². The molecule has 0 aromatic heterocycles. The monoisotopic (exact) mass is 521 g/mol. The van der Waals surface area contributed by atoms with E-state index in [4.69, 9.17) is 4.74 Å². The molecule has 37 heavy (non-hydrogen) atoms. The molecule has 0 spiro atoms. The molecule has 1 saturated heterocycles. The topological polar surface area (TPSA) is 125 Å². The number of phenols is 1. The van der Waals surface area contributed by atoms with Crippen molar-refractivity contribution < 1.29 is 32.6 Å². The normalized spacial score (nSPS) is 16.1. The van der Waals surface area contributed by atoms with E-state index in [1.54, 1.807) is 36.4 Å². The highest BCUT2D eigenvalue weighted by atomic mass is 32.2. The summed E-state index contributed by atoms with van der Waals surface area (Å²) in [5.41, 5.74) is 0.903. The molecule has 3 aromatic rings. The van der Waals surface area contributed by atoms with E-state index in [1.807, 2.05) is 0 Å². The first kappa shape index (κ1) is 24.5. The van der Waals surface area contributed by atoms with Gasteiger partial charge < -0.3 is 14.7 Å². The second kappa shape index (κ2) is 9.68. The van der Waals surface area contributed by atoms with Crippen LogP contribution in [-0.2, 0) is 14.8 Å². The summed E-state index contributed by atoms with van der Waals surface area (Å²) < 4.78 is 33.1. The van der Waals surface area contributed by atoms with Crippen LogP contribution >= 0.6 is 0 Å². The van der Waals surface area contributed by atoms with Gasteiger partial charge in [0.25, 0.3) is 17.7 Å². The zero-order valence-corrected chi connectivity index (χ0v) is 20.4. The van der Waals surface area contributed by atoms with Gasteiger partial charge in [-0.25, -0.2) is 13.3 Å². The van der Waals surface area contributed by atoms with Gasteiger partial charge in [0.05, 0.1) is 21.7 Å². The van der Waals surface area contributed by atoms with Gasteiger partial charge in [0.1, 0.15) is 11.5 Å². The third-order valence-corrected chi connectivity index (χ3v) is 8.21. The molecule has 1 N–H and O–H groups in total. The highest BCUT2D eigenvalue weighted by Crippen LogP contribution is 2.29. The Morgan fingerprint density at radius 2 is 1.46 bits per heavy atom. The number of rotatable bonds is 6. The molecule has 0 atom stereocenters. The van der Waals surface area contributed by atoms with E-state index in [0.717, 1.165) is 4.90 Å². The number of hydrogen-bond donors (Lipinski definition) is 1. The molecule has 0 unspecified atom stereocenters. The lowest BCUT2D eigenvalue weighted by molar-refractivity contribution is -0.134. The quantitative estimate of drug-likeness (QED) is 0.493. The van der Waals surface area contributed by atoms with Gasteiger partial charge in [0.15, 0.2) is 6.61 Å². The van der Waals surface area contributed by atoms with Crippen LogP contribution in [0.1, 0.15) is 20.7 Å². The van der Waals surface area contributed by atoms with Gasteiger partial charge in [-0.1, -0.05) is 18.2 Å². The molecule has 11 heteroatoms. The Balaban J connectivity index is 1.21. The molecule has 2 aliphatic heterocycles. The molecule has 1 fully saturated rings. The number of phenolic OH excluding ortho intramolecular Hbond substituents is 1. The summed E-state index contributed by atoms with van der Waals surface area (Å²) in [5.74, 6) is -0.805. The number of carbonyl (C=O) groups excluding carboxylic acids is 3. The SMILES string of the molecule is O=C(COc1cccc(O)c1)N1CCN(S(=O)(=O)c2ccc(N3C(=O)c4ccccc4C3=O)cc2)CC1. The smallest absolute Gasteiger partial charge is 0.266 e. The third kappa shape index (κ3) is 4.66. The van der Waals surface area contributed by atoms with Gasteiger partial charge in [-0.3, -0.25) is 14.4 Å². The number of sulfonamides is 1. The van der Waals surface area contributed by atoms with Crippen LogP contribution in [0, 0.1) is 0 Å². The van der Waals surface area contributed by atoms with E-state index in [1.165, 1.54) is 45.6 Å². The largest absolute Gasteiger partial charge is 0.508 e. The molecule has 0 radical (unpaired) electrons. The van der Waals surface area contributed by atoms with Crippen LogP contribution in [0.5, 0.6) is 11.5 Å². The fraction of sp³-hybridized carbons (Fsp3) is 0.192. The maximum absolute atomic E-state index is 13.2. The van der Waals surface area contributed by atoms with Crippen molar-refractivity contribution in [3.63, 3.8) is 0 Å². The van der Waals surface area contributed by atoms with Crippen LogP contribution in [-0.4, -0.2) is 73.2 Å². The fourth-order valence-corrected chi connectivity index (χ4v) is 5.75. The van der Waals surface area contributed by atoms with E-state index in [-0.39, 0.29) is 55.0 Å². The Labute approximate surface area is 213 Å². The summed E-state index contributed by atoms with van der Waals surface area (Å²) in [5, 5.41) is 9.49. The number of amides is 3. The maximum atomic E-state index is 13.2. The number of piperazine rings is 1. The number of anilines is 1. The van der Waals surface area contributed by atoms with Crippen molar-refractivity contribution in [3.8, 4) is 11.5 Å². The lowest BCUT2D eigenvalue weighted by Crippen LogP contribution is -2.51. The van der Waals surface area contributed by atoms with Gasteiger partial charge in [0.2, 0.25) is 10.0 Å². The molecule has 2 heterocycles. The van der Waals surface area contributed by atoms with Crippen LogP contribution < -0.4 is 9.64 Å². The average molecular weight is 522 g/mol. The molecule has 10 nitrogen and oxygen atoms in total. The van der Waals surface area contributed by atoms with Crippen molar-refractivity contribution in [3.05, 3.63) is 83.9 Å². The highest BCUT2D eigenvalue weighted by molar-refractivity contribution is 7.89. The second-order valence-electron chi connectivity index (χ2n) is 8.56. The van der Waals surface area contributed by atoms with Gasteiger partial charge in [0, 0.05) is 32.2 Å². The van der Waals surface area contributed by atoms with E-state index in [0.29, 0.717) is 16.9 Å². The molecule has 190 valence electrons.